The second kappa shape index (κ2) is 6.40. The largest absolute Gasteiger partial charge is 0.448 e. The number of carbonyl (C=O) groups is 1. The van der Waals surface area contributed by atoms with Crippen LogP contribution >= 0.6 is 27.5 Å². The molecule has 21 heavy (non-hydrogen) atoms. The van der Waals surface area contributed by atoms with Crippen LogP contribution in [0.2, 0.25) is 5.02 Å². The first-order chi connectivity index (χ1) is 9.91. The molecule has 0 fully saturated rings. The number of hydrogen-bond donors (Lipinski definition) is 1. The zero-order valence-electron chi connectivity index (χ0n) is 10.9. The third-order valence-corrected chi connectivity index (χ3v) is 4.08. The molecule has 0 aliphatic rings. The van der Waals surface area contributed by atoms with E-state index in [1.54, 1.807) is 18.0 Å². The molecule has 2 N–H and O–H groups in total. The van der Waals surface area contributed by atoms with Crippen LogP contribution in [-0.2, 0) is 4.74 Å². The topological polar surface area (TPSA) is 81.3 Å². The fraction of sp³-hybridized carbons (Fsp3) is 0.250. The summed E-state index contributed by atoms with van der Waals surface area (Å²) in [5.74, 6) is -0.0793. The molecule has 6 nitrogen and oxygen atoms in total. The van der Waals surface area contributed by atoms with Crippen molar-refractivity contribution in [2.75, 3.05) is 25.1 Å². The van der Waals surface area contributed by atoms with Crippen LogP contribution in [0.15, 0.2) is 16.9 Å². The van der Waals surface area contributed by atoms with E-state index in [9.17, 15) is 9.18 Å². The predicted octanol–water partition coefficient (Wildman–Crippen LogP) is 2.72. The fourth-order valence-corrected chi connectivity index (χ4v) is 2.28. The lowest BCUT2D eigenvalue weighted by atomic mass is 10.2. The van der Waals surface area contributed by atoms with Crippen molar-refractivity contribution in [1.29, 1.82) is 0 Å². The Morgan fingerprint density at radius 2 is 2.29 bits per heavy atom. The number of aromatic nitrogens is 2. The molecule has 1 heterocycles. The summed E-state index contributed by atoms with van der Waals surface area (Å²) in [4.78, 5) is 20.3. The summed E-state index contributed by atoms with van der Waals surface area (Å²) in [6, 6.07) is 1.57. The quantitative estimate of drug-likeness (QED) is 0.829. The van der Waals surface area contributed by atoms with Crippen molar-refractivity contribution in [1.82, 2.24) is 9.97 Å². The molecular formula is C12H11BrClFN4O2. The van der Waals surface area contributed by atoms with E-state index >= 15 is 0 Å². The lowest BCUT2D eigenvalue weighted by molar-refractivity contribution is 0.160. The van der Waals surface area contributed by atoms with Gasteiger partial charge in [-0.2, -0.15) is 0 Å². The van der Waals surface area contributed by atoms with E-state index in [4.69, 9.17) is 17.3 Å². The molecule has 2 aromatic rings. The number of primary amides is 1. The van der Waals surface area contributed by atoms with Gasteiger partial charge >= 0.3 is 6.09 Å². The lowest BCUT2D eigenvalue weighted by Gasteiger charge is -2.19. The molecule has 0 radical (unpaired) electrons. The summed E-state index contributed by atoms with van der Waals surface area (Å²) in [5, 5.41) is 0.683. The van der Waals surface area contributed by atoms with Crippen LogP contribution in [0.5, 0.6) is 0 Å². The van der Waals surface area contributed by atoms with Crippen LogP contribution in [0.4, 0.5) is 15.0 Å². The van der Waals surface area contributed by atoms with E-state index in [1.165, 1.54) is 6.33 Å². The Balaban J connectivity index is 2.38. The van der Waals surface area contributed by atoms with Gasteiger partial charge in [0.1, 0.15) is 24.3 Å². The Hall–Kier alpha value is -1.67. The second-order valence-corrected chi connectivity index (χ2v) is 5.37. The molecule has 9 heteroatoms. The maximum absolute atomic E-state index is 14.1. The van der Waals surface area contributed by atoms with Crippen LogP contribution in [0.3, 0.4) is 0 Å². The van der Waals surface area contributed by atoms with E-state index in [0.29, 0.717) is 17.7 Å². The van der Waals surface area contributed by atoms with Gasteiger partial charge in [-0.1, -0.05) is 11.6 Å². The molecule has 2 rings (SSSR count). The summed E-state index contributed by atoms with van der Waals surface area (Å²) in [5.41, 5.74) is 5.04. The highest BCUT2D eigenvalue weighted by atomic mass is 79.9. The van der Waals surface area contributed by atoms with Crippen LogP contribution in [0.25, 0.3) is 10.9 Å². The van der Waals surface area contributed by atoms with Crippen molar-refractivity contribution in [3.05, 3.63) is 27.7 Å². The number of anilines is 1. The summed E-state index contributed by atoms with van der Waals surface area (Å²) in [6.07, 6.45) is 0.404. The van der Waals surface area contributed by atoms with E-state index in [0.717, 1.165) is 0 Å². The lowest BCUT2D eigenvalue weighted by Crippen LogP contribution is -2.26. The number of likely N-dealkylation sites (N-methyl/N-ethyl adjacent to an activating group) is 1. The number of carbonyl (C=O) groups excluding carboxylic acids is 1. The van der Waals surface area contributed by atoms with E-state index < -0.39 is 11.9 Å². The van der Waals surface area contributed by atoms with Crippen LogP contribution < -0.4 is 10.6 Å². The molecule has 0 aliphatic carbocycles. The van der Waals surface area contributed by atoms with Crippen LogP contribution in [0.1, 0.15) is 0 Å². The van der Waals surface area contributed by atoms with Gasteiger partial charge in [-0.3, -0.25) is 0 Å². The summed E-state index contributed by atoms with van der Waals surface area (Å²) >= 11 is 9.04. The Bertz CT molecular complexity index is 701. The number of fused-ring (bicyclic) bond motifs is 1. The van der Waals surface area contributed by atoms with Gasteiger partial charge in [-0.05, 0) is 22.0 Å². The molecule has 1 aromatic heterocycles. The summed E-state index contributed by atoms with van der Waals surface area (Å²) < 4.78 is 18.9. The molecule has 0 atom stereocenters. The molecule has 0 unspecified atom stereocenters. The minimum Gasteiger partial charge on any atom is -0.448 e. The SMILES string of the molecule is CN(CCOC(N)=O)c1ncnc2c(F)c(Br)c(Cl)cc12. The molecule has 0 saturated carbocycles. The summed E-state index contributed by atoms with van der Waals surface area (Å²) in [6.45, 7) is 0.425. The molecule has 0 bridgehead atoms. The number of halogens is 3. The molecular weight excluding hydrogens is 367 g/mol. The molecule has 0 spiro atoms. The fourth-order valence-electron chi connectivity index (χ4n) is 1.79. The number of hydrogen-bond acceptors (Lipinski definition) is 5. The van der Waals surface area contributed by atoms with Gasteiger partial charge in [-0.15, -0.1) is 0 Å². The van der Waals surface area contributed by atoms with Gasteiger partial charge in [0.15, 0.2) is 5.82 Å². The van der Waals surface area contributed by atoms with Crippen molar-refractivity contribution < 1.29 is 13.9 Å². The zero-order valence-corrected chi connectivity index (χ0v) is 13.3. The first kappa shape index (κ1) is 15.7. The Morgan fingerprint density at radius 1 is 1.57 bits per heavy atom. The normalized spacial score (nSPS) is 10.7. The van der Waals surface area contributed by atoms with Crippen LogP contribution in [-0.4, -0.2) is 36.3 Å². The van der Waals surface area contributed by atoms with Gasteiger partial charge in [0.05, 0.1) is 16.0 Å². The van der Waals surface area contributed by atoms with Crippen molar-refractivity contribution in [3.63, 3.8) is 0 Å². The minimum absolute atomic E-state index is 0.0874. The van der Waals surface area contributed by atoms with Gasteiger partial charge in [0.2, 0.25) is 0 Å². The Morgan fingerprint density at radius 3 is 2.95 bits per heavy atom. The number of nitrogens with zero attached hydrogens (tertiary/aromatic N) is 3. The van der Waals surface area contributed by atoms with Crippen molar-refractivity contribution in [3.8, 4) is 0 Å². The van der Waals surface area contributed by atoms with E-state index in [1.807, 2.05) is 0 Å². The first-order valence-electron chi connectivity index (χ1n) is 5.83. The molecule has 1 aromatic carbocycles. The van der Waals surface area contributed by atoms with Gasteiger partial charge < -0.3 is 15.4 Å². The number of benzene rings is 1. The molecule has 112 valence electrons. The monoisotopic (exact) mass is 376 g/mol. The third-order valence-electron chi connectivity index (χ3n) is 2.78. The highest BCUT2D eigenvalue weighted by molar-refractivity contribution is 9.10. The number of amides is 1. The maximum atomic E-state index is 14.1. The second-order valence-electron chi connectivity index (χ2n) is 4.17. The van der Waals surface area contributed by atoms with E-state index in [-0.39, 0.29) is 21.6 Å². The Labute approximate surface area is 133 Å². The molecule has 1 amide bonds. The predicted molar refractivity (Wildman–Crippen MR) is 81.0 cm³/mol. The number of nitrogens with two attached hydrogens (primary N) is 1. The van der Waals surface area contributed by atoms with Gasteiger partial charge in [0, 0.05) is 12.4 Å². The highest BCUT2D eigenvalue weighted by Gasteiger charge is 2.16. The van der Waals surface area contributed by atoms with Crippen molar-refractivity contribution in [2.45, 2.75) is 0 Å². The average molecular weight is 378 g/mol. The van der Waals surface area contributed by atoms with Crippen molar-refractivity contribution in [2.24, 2.45) is 5.73 Å². The Kier molecular flexibility index (Phi) is 4.79. The van der Waals surface area contributed by atoms with Crippen molar-refractivity contribution >= 4 is 50.3 Å². The molecule has 0 aliphatic heterocycles. The van der Waals surface area contributed by atoms with E-state index in [2.05, 4.69) is 30.6 Å². The van der Waals surface area contributed by atoms with Gasteiger partial charge in [-0.25, -0.2) is 19.2 Å². The van der Waals surface area contributed by atoms with Gasteiger partial charge in [0.25, 0.3) is 0 Å². The standard InChI is InChI=1S/C12H11BrClFN4O2/c1-19(2-3-21-12(16)20)11-6-4-7(14)8(13)9(15)10(6)17-5-18-11/h4-5H,2-3H2,1H3,(H2,16,20). The first-order valence-corrected chi connectivity index (χ1v) is 7.00. The third kappa shape index (κ3) is 3.33. The number of ether oxygens (including phenoxy) is 1. The van der Waals surface area contributed by atoms with Crippen LogP contribution in [0, 0.1) is 5.82 Å². The smallest absolute Gasteiger partial charge is 0.404 e. The maximum Gasteiger partial charge on any atom is 0.404 e. The number of rotatable bonds is 4. The highest BCUT2D eigenvalue weighted by Crippen LogP contribution is 2.34. The molecule has 0 saturated heterocycles. The average Bonchev–Trinajstić information content (AvgIpc) is 2.44. The summed E-state index contributed by atoms with van der Waals surface area (Å²) in [7, 11) is 1.72. The zero-order chi connectivity index (χ0) is 15.6. The minimum atomic E-state index is -0.853.